The number of anilines is 1. The molecule has 3 nitrogen and oxygen atoms in total. The van der Waals surface area contributed by atoms with Crippen LogP contribution in [0.3, 0.4) is 0 Å². The highest BCUT2D eigenvalue weighted by molar-refractivity contribution is 6.31. The SMILES string of the molecule is CC1CC1C(=O)Nc1cc(Cl)ccc1OCC(F)(F)F. The van der Waals surface area contributed by atoms with E-state index in [2.05, 4.69) is 10.1 Å². The first kappa shape index (κ1) is 15.0. The van der Waals surface area contributed by atoms with E-state index in [-0.39, 0.29) is 23.3 Å². The van der Waals surface area contributed by atoms with Gasteiger partial charge >= 0.3 is 6.18 Å². The second kappa shape index (κ2) is 5.52. The molecule has 1 aliphatic carbocycles. The van der Waals surface area contributed by atoms with E-state index in [0.29, 0.717) is 10.9 Å². The first-order chi connectivity index (χ1) is 9.26. The van der Waals surface area contributed by atoms with Crippen LogP contribution in [0, 0.1) is 11.8 Å². The molecule has 2 rings (SSSR count). The van der Waals surface area contributed by atoms with Crippen LogP contribution in [-0.4, -0.2) is 18.7 Å². The molecule has 0 spiro atoms. The number of rotatable bonds is 4. The van der Waals surface area contributed by atoms with Gasteiger partial charge in [0.2, 0.25) is 5.91 Å². The molecule has 0 saturated heterocycles. The summed E-state index contributed by atoms with van der Waals surface area (Å²) in [6.07, 6.45) is -3.66. The van der Waals surface area contributed by atoms with Gasteiger partial charge in [-0.1, -0.05) is 18.5 Å². The molecule has 20 heavy (non-hydrogen) atoms. The molecule has 1 aliphatic rings. The predicted molar refractivity (Wildman–Crippen MR) is 68.9 cm³/mol. The summed E-state index contributed by atoms with van der Waals surface area (Å²) in [6, 6.07) is 4.08. The minimum Gasteiger partial charge on any atom is -0.482 e. The van der Waals surface area contributed by atoms with Crippen molar-refractivity contribution in [2.45, 2.75) is 19.5 Å². The van der Waals surface area contributed by atoms with Crippen LogP contribution in [-0.2, 0) is 4.79 Å². The summed E-state index contributed by atoms with van der Waals surface area (Å²) in [7, 11) is 0. The lowest BCUT2D eigenvalue weighted by atomic mass is 10.2. The molecule has 7 heteroatoms. The highest BCUT2D eigenvalue weighted by Crippen LogP contribution is 2.39. The summed E-state index contributed by atoms with van der Waals surface area (Å²) in [6.45, 7) is 0.515. The van der Waals surface area contributed by atoms with Crippen LogP contribution in [0.25, 0.3) is 0 Å². The maximum atomic E-state index is 12.2. The van der Waals surface area contributed by atoms with E-state index in [4.69, 9.17) is 11.6 Å². The van der Waals surface area contributed by atoms with Gasteiger partial charge in [-0.15, -0.1) is 0 Å². The predicted octanol–water partition coefficient (Wildman–Crippen LogP) is 3.88. The van der Waals surface area contributed by atoms with E-state index in [1.807, 2.05) is 6.92 Å². The molecular weight excluding hydrogens is 295 g/mol. The number of halogens is 4. The van der Waals surface area contributed by atoms with Gasteiger partial charge in [-0.05, 0) is 30.5 Å². The highest BCUT2D eigenvalue weighted by Gasteiger charge is 2.39. The van der Waals surface area contributed by atoms with Crippen molar-refractivity contribution in [1.29, 1.82) is 0 Å². The number of nitrogens with one attached hydrogen (secondary N) is 1. The molecule has 110 valence electrons. The second-order valence-corrected chi connectivity index (χ2v) is 5.29. The Balaban J connectivity index is 2.09. The Kier molecular flexibility index (Phi) is 4.13. The number of hydrogen-bond acceptors (Lipinski definition) is 2. The first-order valence-electron chi connectivity index (χ1n) is 6.06. The van der Waals surface area contributed by atoms with Crippen molar-refractivity contribution in [3.05, 3.63) is 23.2 Å². The Morgan fingerprint density at radius 1 is 1.50 bits per heavy atom. The lowest BCUT2D eigenvalue weighted by Crippen LogP contribution is -2.21. The quantitative estimate of drug-likeness (QED) is 0.917. The van der Waals surface area contributed by atoms with Gasteiger partial charge in [0.15, 0.2) is 6.61 Å². The molecule has 0 aliphatic heterocycles. The smallest absolute Gasteiger partial charge is 0.422 e. The fourth-order valence-corrected chi connectivity index (χ4v) is 1.97. The second-order valence-electron chi connectivity index (χ2n) is 4.85. The van der Waals surface area contributed by atoms with Gasteiger partial charge in [-0.25, -0.2) is 0 Å². The zero-order valence-corrected chi connectivity index (χ0v) is 11.4. The average molecular weight is 308 g/mol. The third kappa shape index (κ3) is 4.03. The molecule has 1 saturated carbocycles. The van der Waals surface area contributed by atoms with Crippen LogP contribution >= 0.6 is 11.6 Å². The third-order valence-electron chi connectivity index (χ3n) is 3.04. The Hall–Kier alpha value is -1.43. The third-order valence-corrected chi connectivity index (χ3v) is 3.27. The zero-order chi connectivity index (χ0) is 14.9. The average Bonchev–Trinajstić information content (AvgIpc) is 3.04. The first-order valence-corrected chi connectivity index (χ1v) is 6.44. The highest BCUT2D eigenvalue weighted by atomic mass is 35.5. The standard InChI is InChI=1S/C13H13ClF3NO2/c1-7-4-9(7)12(19)18-10-5-8(14)2-3-11(10)20-6-13(15,16)17/h2-3,5,7,9H,4,6H2,1H3,(H,18,19). The lowest BCUT2D eigenvalue weighted by molar-refractivity contribution is -0.153. The monoisotopic (exact) mass is 307 g/mol. The van der Waals surface area contributed by atoms with Crippen molar-refractivity contribution < 1.29 is 22.7 Å². The van der Waals surface area contributed by atoms with Crippen LogP contribution in [0.4, 0.5) is 18.9 Å². The van der Waals surface area contributed by atoms with E-state index in [0.717, 1.165) is 6.42 Å². The lowest BCUT2D eigenvalue weighted by Gasteiger charge is -2.14. The summed E-state index contributed by atoms with van der Waals surface area (Å²) < 4.78 is 41.2. The maximum absolute atomic E-state index is 12.2. The number of carbonyl (C=O) groups excluding carboxylic acids is 1. The molecule has 0 heterocycles. The number of amides is 1. The van der Waals surface area contributed by atoms with E-state index < -0.39 is 12.8 Å². The molecule has 1 aromatic rings. The number of ether oxygens (including phenoxy) is 1. The van der Waals surface area contributed by atoms with Crippen molar-refractivity contribution in [2.24, 2.45) is 11.8 Å². The Morgan fingerprint density at radius 3 is 2.70 bits per heavy atom. The minimum atomic E-state index is -4.44. The van der Waals surface area contributed by atoms with Crippen molar-refractivity contribution in [1.82, 2.24) is 0 Å². The summed E-state index contributed by atoms with van der Waals surface area (Å²) in [5.41, 5.74) is 0.158. The van der Waals surface area contributed by atoms with Crippen molar-refractivity contribution in [3.63, 3.8) is 0 Å². The summed E-state index contributed by atoms with van der Waals surface area (Å²) in [5, 5.41) is 2.87. The van der Waals surface area contributed by atoms with Crippen molar-refractivity contribution >= 4 is 23.2 Å². The molecule has 1 fully saturated rings. The Bertz CT molecular complexity index is 519. The topological polar surface area (TPSA) is 38.3 Å². The summed E-state index contributed by atoms with van der Waals surface area (Å²) >= 11 is 5.79. The van der Waals surface area contributed by atoms with Crippen LogP contribution < -0.4 is 10.1 Å². The largest absolute Gasteiger partial charge is 0.482 e. The molecule has 1 amide bonds. The normalized spacial score (nSPS) is 21.4. The molecular formula is C13H13ClF3NO2. The molecule has 0 aromatic heterocycles. The van der Waals surface area contributed by atoms with Gasteiger partial charge in [0.25, 0.3) is 0 Å². The zero-order valence-electron chi connectivity index (χ0n) is 10.6. The summed E-state index contributed by atoms with van der Waals surface area (Å²) in [5.74, 6) is -0.0665. The fraction of sp³-hybridized carbons (Fsp3) is 0.462. The van der Waals surface area contributed by atoms with Crippen LogP contribution in [0.1, 0.15) is 13.3 Å². The van der Waals surface area contributed by atoms with E-state index in [9.17, 15) is 18.0 Å². The van der Waals surface area contributed by atoms with Gasteiger partial charge in [-0.3, -0.25) is 4.79 Å². The van der Waals surface area contributed by atoms with Gasteiger partial charge in [0, 0.05) is 10.9 Å². The molecule has 1 aromatic carbocycles. The van der Waals surface area contributed by atoms with E-state index in [1.54, 1.807) is 0 Å². The molecule has 1 N–H and O–H groups in total. The molecule has 2 unspecified atom stereocenters. The molecule has 2 atom stereocenters. The van der Waals surface area contributed by atoms with E-state index in [1.165, 1.54) is 18.2 Å². The number of hydrogen-bond donors (Lipinski definition) is 1. The Labute approximate surface area is 119 Å². The van der Waals surface area contributed by atoms with Gasteiger partial charge in [0.1, 0.15) is 5.75 Å². The van der Waals surface area contributed by atoms with Crippen molar-refractivity contribution in [3.8, 4) is 5.75 Å². The maximum Gasteiger partial charge on any atom is 0.422 e. The van der Waals surface area contributed by atoms with Gasteiger partial charge < -0.3 is 10.1 Å². The number of benzene rings is 1. The van der Waals surface area contributed by atoms with Crippen LogP contribution in [0.15, 0.2) is 18.2 Å². The van der Waals surface area contributed by atoms with Gasteiger partial charge in [0.05, 0.1) is 5.69 Å². The molecule has 0 bridgehead atoms. The number of carbonyl (C=O) groups is 1. The Morgan fingerprint density at radius 2 is 2.15 bits per heavy atom. The van der Waals surface area contributed by atoms with Crippen molar-refractivity contribution in [2.75, 3.05) is 11.9 Å². The number of alkyl halides is 3. The fourth-order valence-electron chi connectivity index (χ4n) is 1.80. The van der Waals surface area contributed by atoms with Gasteiger partial charge in [-0.2, -0.15) is 13.2 Å². The van der Waals surface area contributed by atoms with E-state index >= 15 is 0 Å². The minimum absolute atomic E-state index is 0.0478. The summed E-state index contributed by atoms with van der Waals surface area (Å²) in [4.78, 5) is 11.8. The molecule has 0 radical (unpaired) electrons. The van der Waals surface area contributed by atoms with Crippen LogP contribution in [0.2, 0.25) is 5.02 Å². The van der Waals surface area contributed by atoms with Crippen LogP contribution in [0.5, 0.6) is 5.75 Å².